The number of anilines is 1. The fourth-order valence-electron chi connectivity index (χ4n) is 2.94. The van der Waals surface area contributed by atoms with Gasteiger partial charge in [-0.15, -0.1) is 11.3 Å². The van der Waals surface area contributed by atoms with Gasteiger partial charge in [-0.1, -0.05) is 6.08 Å². The number of carboxylic acids is 1. The first-order valence-corrected chi connectivity index (χ1v) is 9.74. The SMILES string of the molecule is Cc1cc(C(=O)Nc2nc(C3CC=CC=N3)cs2)n(-c2ccc(C(=O)O)cc2)n1. The Labute approximate surface area is 170 Å². The summed E-state index contributed by atoms with van der Waals surface area (Å²) in [5.74, 6) is -1.36. The third kappa shape index (κ3) is 3.99. The molecular formula is C20H17N5O3S. The molecule has 1 aliphatic rings. The standard InChI is InChI=1S/C20H17N5O3S/c1-12-10-17(25(24-12)14-7-5-13(6-8-14)19(27)28)18(26)23-20-22-16(11-29-20)15-4-2-3-9-21-15/h2-3,5-11,15H,4H2,1H3,(H,27,28)(H,22,23,26). The van der Waals surface area contributed by atoms with E-state index in [9.17, 15) is 9.59 Å². The Hall–Kier alpha value is -3.59. The number of nitrogens with zero attached hydrogens (tertiary/aromatic N) is 4. The first-order chi connectivity index (χ1) is 14.0. The lowest BCUT2D eigenvalue weighted by atomic mass is 10.1. The molecule has 4 rings (SSSR count). The number of nitrogens with one attached hydrogen (secondary N) is 1. The van der Waals surface area contributed by atoms with Gasteiger partial charge in [0.2, 0.25) is 0 Å². The Balaban J connectivity index is 1.55. The summed E-state index contributed by atoms with van der Waals surface area (Å²) in [6.07, 6.45) is 6.47. The molecule has 9 heteroatoms. The van der Waals surface area contributed by atoms with Gasteiger partial charge in [-0.05, 0) is 49.8 Å². The number of aryl methyl sites for hydroxylation is 1. The minimum Gasteiger partial charge on any atom is -0.478 e. The lowest BCUT2D eigenvalue weighted by Crippen LogP contribution is -2.17. The monoisotopic (exact) mass is 407 g/mol. The Morgan fingerprint density at radius 3 is 2.76 bits per heavy atom. The second-order valence-electron chi connectivity index (χ2n) is 6.44. The Bertz CT molecular complexity index is 1130. The number of benzene rings is 1. The number of aromatic nitrogens is 3. The Morgan fingerprint density at radius 1 is 1.28 bits per heavy atom. The van der Waals surface area contributed by atoms with Crippen molar-refractivity contribution in [3.05, 3.63) is 70.5 Å². The Morgan fingerprint density at radius 2 is 2.07 bits per heavy atom. The molecule has 8 nitrogen and oxygen atoms in total. The smallest absolute Gasteiger partial charge is 0.335 e. The van der Waals surface area contributed by atoms with E-state index in [4.69, 9.17) is 5.11 Å². The van der Waals surface area contributed by atoms with E-state index in [2.05, 4.69) is 20.4 Å². The first kappa shape index (κ1) is 18.8. The summed E-state index contributed by atoms with van der Waals surface area (Å²) in [4.78, 5) is 32.8. The molecule has 1 aromatic carbocycles. The summed E-state index contributed by atoms with van der Waals surface area (Å²) < 4.78 is 1.49. The van der Waals surface area contributed by atoms with Gasteiger partial charge in [-0.3, -0.25) is 15.1 Å². The number of hydrogen-bond donors (Lipinski definition) is 2. The molecule has 0 bridgehead atoms. The van der Waals surface area contributed by atoms with Crippen LogP contribution in [0.2, 0.25) is 0 Å². The predicted molar refractivity (Wildman–Crippen MR) is 110 cm³/mol. The van der Waals surface area contributed by atoms with Crippen molar-refractivity contribution >= 4 is 34.6 Å². The fourth-order valence-corrected chi connectivity index (χ4v) is 3.69. The number of carboxylic acid groups (broad SMARTS) is 1. The number of aromatic carboxylic acids is 1. The highest BCUT2D eigenvalue weighted by Crippen LogP contribution is 2.27. The van der Waals surface area contributed by atoms with Crippen LogP contribution in [0.5, 0.6) is 0 Å². The number of carbonyl (C=O) groups excluding carboxylic acids is 1. The zero-order valence-electron chi connectivity index (χ0n) is 15.4. The molecule has 0 saturated carbocycles. The first-order valence-electron chi connectivity index (χ1n) is 8.87. The summed E-state index contributed by atoms with van der Waals surface area (Å²) in [5, 5.41) is 18.6. The van der Waals surface area contributed by atoms with Crippen LogP contribution in [-0.2, 0) is 0 Å². The number of rotatable bonds is 5. The van der Waals surface area contributed by atoms with Crippen molar-refractivity contribution in [2.45, 2.75) is 19.4 Å². The highest BCUT2D eigenvalue weighted by Gasteiger charge is 2.19. The minimum absolute atomic E-state index is 0.0255. The lowest BCUT2D eigenvalue weighted by Gasteiger charge is -2.09. The maximum absolute atomic E-state index is 12.8. The largest absolute Gasteiger partial charge is 0.478 e. The molecule has 0 saturated heterocycles. The van der Waals surface area contributed by atoms with Gasteiger partial charge >= 0.3 is 5.97 Å². The second-order valence-corrected chi connectivity index (χ2v) is 7.30. The fraction of sp³-hybridized carbons (Fsp3) is 0.150. The van der Waals surface area contributed by atoms with Crippen molar-refractivity contribution in [1.29, 1.82) is 0 Å². The van der Waals surface area contributed by atoms with Gasteiger partial charge in [0, 0.05) is 11.6 Å². The highest BCUT2D eigenvalue weighted by atomic mass is 32.1. The van der Waals surface area contributed by atoms with E-state index in [0.29, 0.717) is 22.2 Å². The molecule has 1 unspecified atom stereocenters. The van der Waals surface area contributed by atoms with Gasteiger partial charge in [-0.2, -0.15) is 5.10 Å². The molecule has 29 heavy (non-hydrogen) atoms. The van der Waals surface area contributed by atoms with Crippen molar-refractivity contribution in [1.82, 2.24) is 14.8 Å². The second kappa shape index (κ2) is 7.80. The molecular weight excluding hydrogens is 390 g/mol. The van der Waals surface area contributed by atoms with Crippen LogP contribution in [0.4, 0.5) is 5.13 Å². The topological polar surface area (TPSA) is 109 Å². The normalized spacial score (nSPS) is 15.4. The van der Waals surface area contributed by atoms with E-state index in [1.165, 1.54) is 28.2 Å². The summed E-state index contributed by atoms with van der Waals surface area (Å²) in [7, 11) is 0. The van der Waals surface area contributed by atoms with E-state index < -0.39 is 5.97 Å². The van der Waals surface area contributed by atoms with Crippen molar-refractivity contribution in [2.24, 2.45) is 4.99 Å². The molecule has 0 aliphatic carbocycles. The van der Waals surface area contributed by atoms with Crippen molar-refractivity contribution in [3.63, 3.8) is 0 Å². The van der Waals surface area contributed by atoms with E-state index >= 15 is 0 Å². The molecule has 2 aromatic heterocycles. The highest BCUT2D eigenvalue weighted by molar-refractivity contribution is 7.14. The summed E-state index contributed by atoms with van der Waals surface area (Å²) in [5.41, 5.74) is 2.58. The van der Waals surface area contributed by atoms with Crippen LogP contribution in [0.15, 0.2) is 52.9 Å². The molecule has 1 amide bonds. The number of hydrogen-bond acceptors (Lipinski definition) is 6. The van der Waals surface area contributed by atoms with Gasteiger partial charge in [0.1, 0.15) is 5.69 Å². The molecule has 0 spiro atoms. The number of amides is 1. The Kier molecular flexibility index (Phi) is 5.05. The average Bonchev–Trinajstić information content (AvgIpc) is 3.35. The van der Waals surface area contributed by atoms with Crippen molar-refractivity contribution < 1.29 is 14.7 Å². The maximum atomic E-state index is 12.8. The van der Waals surface area contributed by atoms with Gasteiger partial charge in [0.15, 0.2) is 5.13 Å². The third-order valence-electron chi connectivity index (χ3n) is 4.35. The molecule has 1 aliphatic heterocycles. The molecule has 1 atom stereocenters. The zero-order chi connectivity index (χ0) is 20.4. The van der Waals surface area contributed by atoms with Crippen LogP contribution in [0.3, 0.4) is 0 Å². The zero-order valence-corrected chi connectivity index (χ0v) is 16.3. The number of aliphatic imine (C=N–C) groups is 1. The van der Waals surface area contributed by atoms with Crippen molar-refractivity contribution in [2.75, 3.05) is 5.32 Å². The van der Waals surface area contributed by atoms with Crippen LogP contribution in [0.1, 0.15) is 44.7 Å². The maximum Gasteiger partial charge on any atom is 0.335 e. The van der Waals surface area contributed by atoms with Crippen LogP contribution in [0, 0.1) is 6.92 Å². The van der Waals surface area contributed by atoms with Crippen molar-refractivity contribution in [3.8, 4) is 5.69 Å². The summed E-state index contributed by atoms with van der Waals surface area (Å²) in [6.45, 7) is 1.79. The molecule has 0 radical (unpaired) electrons. The van der Waals surface area contributed by atoms with Crippen LogP contribution >= 0.6 is 11.3 Å². The number of carbonyl (C=O) groups is 2. The lowest BCUT2D eigenvalue weighted by molar-refractivity contribution is 0.0696. The van der Waals surface area contributed by atoms with Crippen LogP contribution < -0.4 is 5.32 Å². The predicted octanol–water partition coefficient (Wildman–Crippen LogP) is 3.66. The van der Waals surface area contributed by atoms with E-state index in [1.54, 1.807) is 31.3 Å². The van der Waals surface area contributed by atoms with Gasteiger partial charge in [0.25, 0.3) is 5.91 Å². The molecule has 3 aromatic rings. The van der Waals surface area contributed by atoms with E-state index in [1.807, 2.05) is 17.5 Å². The summed E-state index contributed by atoms with van der Waals surface area (Å²) >= 11 is 1.34. The molecule has 0 fully saturated rings. The van der Waals surface area contributed by atoms with E-state index in [-0.39, 0.29) is 17.5 Å². The molecule has 146 valence electrons. The van der Waals surface area contributed by atoms with Crippen LogP contribution in [-0.4, -0.2) is 38.0 Å². The average molecular weight is 407 g/mol. The number of thiazole rings is 1. The van der Waals surface area contributed by atoms with Gasteiger partial charge < -0.3 is 5.11 Å². The third-order valence-corrected chi connectivity index (χ3v) is 5.13. The summed E-state index contributed by atoms with van der Waals surface area (Å²) in [6, 6.07) is 7.82. The molecule has 2 N–H and O–H groups in total. The van der Waals surface area contributed by atoms with Gasteiger partial charge in [0.05, 0.1) is 28.7 Å². The van der Waals surface area contributed by atoms with Crippen LogP contribution in [0.25, 0.3) is 5.69 Å². The number of allylic oxidation sites excluding steroid dienone is 1. The molecule has 3 heterocycles. The van der Waals surface area contributed by atoms with Gasteiger partial charge in [-0.25, -0.2) is 14.5 Å². The number of dihydropyridines is 1. The van der Waals surface area contributed by atoms with E-state index in [0.717, 1.165) is 12.1 Å². The minimum atomic E-state index is -1.01. The quantitative estimate of drug-likeness (QED) is 0.671.